The Hall–Kier alpha value is -0.460. The van der Waals surface area contributed by atoms with Gasteiger partial charge in [-0.15, -0.1) is 0 Å². The Morgan fingerprint density at radius 2 is 1.92 bits per heavy atom. The number of aliphatic hydroxyl groups excluding tert-OH is 1. The summed E-state index contributed by atoms with van der Waals surface area (Å²) >= 11 is 0. The smallest absolute Gasteiger partial charge is 0.0914 e. The second-order valence-electron chi connectivity index (χ2n) is 3.71. The van der Waals surface area contributed by atoms with Gasteiger partial charge >= 0.3 is 0 Å². The van der Waals surface area contributed by atoms with Gasteiger partial charge in [0.25, 0.3) is 0 Å². The Morgan fingerprint density at radius 3 is 2.50 bits per heavy atom. The van der Waals surface area contributed by atoms with E-state index in [1.165, 1.54) is 31.3 Å². The summed E-state index contributed by atoms with van der Waals surface area (Å²) in [6.07, 6.45) is 9.44. The molecule has 0 atom stereocenters. The molecule has 0 aromatic carbocycles. The summed E-state index contributed by atoms with van der Waals surface area (Å²) < 4.78 is 0. The van der Waals surface area contributed by atoms with Gasteiger partial charge in [0.15, 0.2) is 0 Å². The van der Waals surface area contributed by atoms with Gasteiger partial charge in [-0.1, -0.05) is 19.8 Å². The maximum absolute atomic E-state index is 9.68. The lowest BCUT2D eigenvalue weighted by Gasteiger charge is -2.15. The molecule has 0 spiro atoms. The van der Waals surface area contributed by atoms with Crippen molar-refractivity contribution in [3.8, 4) is 0 Å². The Balaban J connectivity index is 2.37. The van der Waals surface area contributed by atoms with Crippen LogP contribution in [-0.4, -0.2) is 5.11 Å². The maximum Gasteiger partial charge on any atom is 0.0914 e. The van der Waals surface area contributed by atoms with Gasteiger partial charge in [0.1, 0.15) is 0 Å². The van der Waals surface area contributed by atoms with Crippen LogP contribution in [0.25, 0.3) is 0 Å². The average Bonchev–Trinajstić information content (AvgIpc) is 2.15. The van der Waals surface area contributed by atoms with Crippen LogP contribution in [0.5, 0.6) is 0 Å². The topological polar surface area (TPSA) is 20.2 Å². The first kappa shape index (κ1) is 9.63. The number of rotatable bonds is 3. The summed E-state index contributed by atoms with van der Waals surface area (Å²) in [6, 6.07) is 0. The molecule has 1 rings (SSSR count). The number of hydrogen-bond donors (Lipinski definition) is 1. The lowest BCUT2D eigenvalue weighted by atomic mass is 9.93. The van der Waals surface area contributed by atoms with Crippen LogP contribution < -0.4 is 0 Å². The molecule has 1 heteroatoms. The highest BCUT2D eigenvalue weighted by molar-refractivity contribution is 5.09. The summed E-state index contributed by atoms with van der Waals surface area (Å²) in [5, 5.41) is 9.68. The van der Waals surface area contributed by atoms with Crippen LogP contribution in [0, 0.1) is 0 Å². The van der Waals surface area contributed by atoms with Gasteiger partial charge in [-0.3, -0.25) is 0 Å². The second-order valence-corrected chi connectivity index (χ2v) is 3.71. The summed E-state index contributed by atoms with van der Waals surface area (Å²) in [4.78, 5) is 0. The molecular formula is C11H20O. The van der Waals surface area contributed by atoms with Crippen LogP contribution in [0.1, 0.15) is 58.3 Å². The van der Waals surface area contributed by atoms with Gasteiger partial charge in [0.2, 0.25) is 0 Å². The lowest BCUT2D eigenvalue weighted by Crippen LogP contribution is -1.98. The van der Waals surface area contributed by atoms with Crippen molar-refractivity contribution in [2.24, 2.45) is 0 Å². The number of allylic oxidation sites excluding steroid dienone is 2. The predicted molar refractivity (Wildman–Crippen MR) is 52.3 cm³/mol. The van der Waals surface area contributed by atoms with E-state index in [2.05, 4.69) is 6.92 Å². The zero-order valence-electron chi connectivity index (χ0n) is 8.10. The van der Waals surface area contributed by atoms with E-state index < -0.39 is 0 Å². The molecule has 0 aliphatic heterocycles. The van der Waals surface area contributed by atoms with Gasteiger partial charge in [-0.2, -0.15) is 0 Å². The molecule has 0 radical (unpaired) electrons. The fourth-order valence-electron chi connectivity index (χ4n) is 1.79. The van der Waals surface area contributed by atoms with E-state index in [4.69, 9.17) is 0 Å². The number of aliphatic hydroxyl groups is 1. The van der Waals surface area contributed by atoms with Crippen LogP contribution in [0.15, 0.2) is 11.3 Å². The third-order valence-electron chi connectivity index (χ3n) is 2.63. The number of unbranched alkanes of at least 4 members (excludes halogenated alkanes) is 1. The first-order valence-corrected chi connectivity index (χ1v) is 5.24. The minimum atomic E-state index is 0.705. The minimum Gasteiger partial charge on any atom is -0.512 e. The molecule has 0 aromatic heterocycles. The monoisotopic (exact) mass is 168 g/mol. The van der Waals surface area contributed by atoms with Crippen LogP contribution in [-0.2, 0) is 0 Å². The Labute approximate surface area is 75.5 Å². The first-order chi connectivity index (χ1) is 5.84. The third kappa shape index (κ3) is 2.88. The third-order valence-corrected chi connectivity index (χ3v) is 2.63. The first-order valence-electron chi connectivity index (χ1n) is 5.24. The van der Waals surface area contributed by atoms with Crippen molar-refractivity contribution in [3.63, 3.8) is 0 Å². The Morgan fingerprint density at radius 1 is 1.25 bits per heavy atom. The van der Waals surface area contributed by atoms with Crippen molar-refractivity contribution < 1.29 is 5.11 Å². The molecule has 1 nitrogen and oxygen atoms in total. The summed E-state index contributed by atoms with van der Waals surface area (Å²) in [7, 11) is 0. The molecule has 12 heavy (non-hydrogen) atoms. The van der Waals surface area contributed by atoms with Crippen molar-refractivity contribution in [1.82, 2.24) is 0 Å². The SMILES string of the molecule is CCCCC(O)=C1CCCCC1. The average molecular weight is 168 g/mol. The zero-order chi connectivity index (χ0) is 8.81. The molecule has 1 saturated carbocycles. The van der Waals surface area contributed by atoms with Crippen LogP contribution >= 0.6 is 0 Å². The van der Waals surface area contributed by atoms with Crippen molar-refractivity contribution in [3.05, 3.63) is 11.3 Å². The molecule has 1 aliphatic carbocycles. The van der Waals surface area contributed by atoms with Gasteiger partial charge in [-0.05, 0) is 37.7 Å². The van der Waals surface area contributed by atoms with E-state index in [9.17, 15) is 5.11 Å². The quantitative estimate of drug-likeness (QED) is 0.632. The highest BCUT2D eigenvalue weighted by atomic mass is 16.3. The maximum atomic E-state index is 9.68. The Kier molecular flexibility index (Phi) is 4.20. The normalized spacial score (nSPS) is 17.9. The standard InChI is InChI=1S/C11H20O/c1-2-3-9-11(12)10-7-5-4-6-8-10/h12H,2-9H2,1H3. The van der Waals surface area contributed by atoms with E-state index >= 15 is 0 Å². The van der Waals surface area contributed by atoms with Crippen LogP contribution in [0.2, 0.25) is 0 Å². The molecule has 0 amide bonds. The second kappa shape index (κ2) is 5.23. The highest BCUT2D eigenvalue weighted by Gasteiger charge is 2.09. The molecule has 1 N–H and O–H groups in total. The highest BCUT2D eigenvalue weighted by Crippen LogP contribution is 2.26. The van der Waals surface area contributed by atoms with Gasteiger partial charge in [0.05, 0.1) is 5.76 Å². The van der Waals surface area contributed by atoms with E-state index in [1.807, 2.05) is 0 Å². The van der Waals surface area contributed by atoms with Gasteiger partial charge < -0.3 is 5.11 Å². The summed E-state index contributed by atoms with van der Waals surface area (Å²) in [5.74, 6) is 0.705. The predicted octanol–water partition coefficient (Wildman–Crippen LogP) is 3.95. The molecule has 0 bridgehead atoms. The van der Waals surface area contributed by atoms with E-state index in [-0.39, 0.29) is 0 Å². The summed E-state index contributed by atoms with van der Waals surface area (Å²) in [6.45, 7) is 2.17. The molecule has 0 heterocycles. The van der Waals surface area contributed by atoms with E-state index in [0.29, 0.717) is 5.76 Å². The van der Waals surface area contributed by atoms with Gasteiger partial charge in [-0.25, -0.2) is 0 Å². The van der Waals surface area contributed by atoms with Crippen LogP contribution in [0.3, 0.4) is 0 Å². The molecular weight excluding hydrogens is 148 g/mol. The fraction of sp³-hybridized carbons (Fsp3) is 0.818. The van der Waals surface area contributed by atoms with E-state index in [0.717, 1.165) is 25.7 Å². The van der Waals surface area contributed by atoms with Crippen LogP contribution in [0.4, 0.5) is 0 Å². The molecule has 0 saturated heterocycles. The Bertz CT molecular complexity index is 150. The van der Waals surface area contributed by atoms with Crippen molar-refractivity contribution in [1.29, 1.82) is 0 Å². The zero-order valence-corrected chi connectivity index (χ0v) is 8.10. The fourth-order valence-corrected chi connectivity index (χ4v) is 1.79. The van der Waals surface area contributed by atoms with Crippen molar-refractivity contribution in [2.45, 2.75) is 58.3 Å². The summed E-state index contributed by atoms with van der Waals surface area (Å²) in [5.41, 5.74) is 1.34. The largest absolute Gasteiger partial charge is 0.512 e. The lowest BCUT2D eigenvalue weighted by molar-refractivity contribution is 0.364. The van der Waals surface area contributed by atoms with Gasteiger partial charge in [0, 0.05) is 6.42 Å². The molecule has 1 aliphatic rings. The number of hydrogen-bond acceptors (Lipinski definition) is 1. The van der Waals surface area contributed by atoms with E-state index in [1.54, 1.807) is 0 Å². The molecule has 1 fully saturated rings. The minimum absolute atomic E-state index is 0.705. The molecule has 0 aromatic rings. The molecule has 70 valence electrons. The van der Waals surface area contributed by atoms with Crippen molar-refractivity contribution >= 4 is 0 Å². The van der Waals surface area contributed by atoms with Crippen molar-refractivity contribution in [2.75, 3.05) is 0 Å². The molecule has 0 unspecified atom stereocenters.